The third kappa shape index (κ3) is 3.38. The van der Waals surface area contributed by atoms with Crippen molar-refractivity contribution in [3.63, 3.8) is 0 Å². The van der Waals surface area contributed by atoms with Crippen LogP contribution in [0.2, 0.25) is 0 Å². The molecule has 3 heterocycles. The molecular formula is C23H22N4O4. The van der Waals surface area contributed by atoms with Crippen LogP contribution in [0.5, 0.6) is 0 Å². The fourth-order valence-corrected chi connectivity index (χ4v) is 4.00. The second-order valence-electron chi connectivity index (χ2n) is 8.30. The van der Waals surface area contributed by atoms with Gasteiger partial charge in [0.05, 0.1) is 5.69 Å². The highest BCUT2D eigenvalue weighted by molar-refractivity contribution is 5.92. The second-order valence-corrected chi connectivity index (χ2v) is 8.30. The van der Waals surface area contributed by atoms with Gasteiger partial charge in [0, 0.05) is 37.2 Å². The van der Waals surface area contributed by atoms with Gasteiger partial charge in [0.25, 0.3) is 11.8 Å². The number of aromatic nitrogens is 2. The molecular weight excluding hydrogens is 396 g/mol. The molecule has 8 heteroatoms. The number of likely N-dealkylation sites (N-methyl/N-ethyl adjacent to an activating group) is 1. The lowest BCUT2D eigenvalue weighted by Gasteiger charge is -2.16. The number of pyridine rings is 1. The van der Waals surface area contributed by atoms with Crippen molar-refractivity contribution in [2.24, 2.45) is 5.73 Å². The maximum absolute atomic E-state index is 12.3. The van der Waals surface area contributed by atoms with Gasteiger partial charge in [0.15, 0.2) is 5.76 Å². The lowest BCUT2D eigenvalue weighted by Crippen LogP contribution is -2.35. The van der Waals surface area contributed by atoms with Crippen LogP contribution in [0.4, 0.5) is 0 Å². The van der Waals surface area contributed by atoms with Gasteiger partial charge in [-0.1, -0.05) is 23.4 Å². The summed E-state index contributed by atoms with van der Waals surface area (Å²) in [5.41, 5.74) is 7.84. The predicted octanol–water partition coefficient (Wildman–Crippen LogP) is 2.43. The standard InChI is InChI=1S/C23H22N4O4/c1-27-8-7-23(30,22(27)29)20-12-18(26-31-20)15-4-2-3-14(9-15)17-10-16(13-5-6-13)11-19(25-17)21(24)28/h2-4,9-13,30H,5-8H2,1H3,(H2,24,28)/t23-/m1/s1. The van der Waals surface area contributed by atoms with E-state index in [0.29, 0.717) is 23.9 Å². The van der Waals surface area contributed by atoms with E-state index in [2.05, 4.69) is 10.1 Å². The number of nitrogens with zero attached hydrogens (tertiary/aromatic N) is 3. The summed E-state index contributed by atoms with van der Waals surface area (Å²) in [4.78, 5) is 30.0. The molecule has 1 atom stereocenters. The number of aliphatic hydroxyl groups is 1. The van der Waals surface area contributed by atoms with Gasteiger partial charge < -0.3 is 20.3 Å². The van der Waals surface area contributed by atoms with Crippen LogP contribution in [0.3, 0.4) is 0 Å². The number of nitrogens with two attached hydrogens (primary N) is 1. The Morgan fingerprint density at radius 2 is 1.94 bits per heavy atom. The quantitative estimate of drug-likeness (QED) is 0.656. The van der Waals surface area contributed by atoms with E-state index >= 15 is 0 Å². The molecule has 2 fully saturated rings. The van der Waals surface area contributed by atoms with Crippen molar-refractivity contribution in [2.45, 2.75) is 30.8 Å². The molecule has 3 N–H and O–H groups in total. The Hall–Kier alpha value is -3.52. The highest BCUT2D eigenvalue weighted by Gasteiger charge is 2.48. The van der Waals surface area contributed by atoms with Crippen LogP contribution in [-0.2, 0) is 10.4 Å². The van der Waals surface area contributed by atoms with Crippen molar-refractivity contribution in [3.8, 4) is 22.5 Å². The SMILES string of the molecule is CN1CC[C@@](O)(c2cc(-c3cccc(-c4cc(C5CC5)cc(C(N)=O)n4)c3)no2)C1=O. The molecule has 1 saturated heterocycles. The van der Waals surface area contributed by atoms with Crippen LogP contribution < -0.4 is 5.73 Å². The Balaban J connectivity index is 1.50. The Labute approximate surface area is 178 Å². The molecule has 1 aromatic carbocycles. The topological polar surface area (TPSA) is 123 Å². The minimum atomic E-state index is -1.69. The Bertz CT molecular complexity index is 1200. The molecule has 0 bridgehead atoms. The van der Waals surface area contributed by atoms with Crippen LogP contribution in [-0.4, -0.2) is 45.6 Å². The van der Waals surface area contributed by atoms with Gasteiger partial charge >= 0.3 is 0 Å². The molecule has 1 saturated carbocycles. The predicted molar refractivity (Wildman–Crippen MR) is 112 cm³/mol. The van der Waals surface area contributed by atoms with E-state index in [1.54, 1.807) is 19.2 Å². The summed E-state index contributed by atoms with van der Waals surface area (Å²) in [6.45, 7) is 0.450. The highest BCUT2D eigenvalue weighted by Crippen LogP contribution is 2.41. The van der Waals surface area contributed by atoms with Crippen molar-refractivity contribution >= 4 is 11.8 Å². The summed E-state index contributed by atoms with van der Waals surface area (Å²) in [5, 5.41) is 14.9. The third-order valence-electron chi connectivity index (χ3n) is 6.03. The number of carbonyl (C=O) groups is 2. The van der Waals surface area contributed by atoms with Crippen LogP contribution in [0, 0.1) is 0 Å². The average Bonchev–Trinajstić information content (AvgIpc) is 3.45. The van der Waals surface area contributed by atoms with Crippen LogP contribution >= 0.6 is 0 Å². The molecule has 2 aliphatic rings. The number of hydrogen-bond donors (Lipinski definition) is 2. The molecule has 158 valence electrons. The largest absolute Gasteiger partial charge is 0.373 e. The first-order valence-electron chi connectivity index (χ1n) is 10.2. The van der Waals surface area contributed by atoms with Crippen molar-refractivity contribution in [3.05, 3.63) is 59.5 Å². The zero-order chi connectivity index (χ0) is 21.8. The van der Waals surface area contributed by atoms with E-state index in [4.69, 9.17) is 10.3 Å². The molecule has 0 unspecified atom stereocenters. The lowest BCUT2D eigenvalue weighted by atomic mass is 9.97. The van der Waals surface area contributed by atoms with E-state index in [1.165, 1.54) is 4.90 Å². The first kappa shape index (κ1) is 19.4. The van der Waals surface area contributed by atoms with Gasteiger partial charge in [-0.05, 0) is 42.5 Å². The molecule has 0 spiro atoms. The van der Waals surface area contributed by atoms with Gasteiger partial charge in [-0.3, -0.25) is 9.59 Å². The Morgan fingerprint density at radius 1 is 1.19 bits per heavy atom. The fourth-order valence-electron chi connectivity index (χ4n) is 4.00. The molecule has 3 aromatic rings. The normalized spacial score (nSPS) is 21.0. The van der Waals surface area contributed by atoms with Gasteiger partial charge in [0.1, 0.15) is 11.4 Å². The van der Waals surface area contributed by atoms with E-state index < -0.39 is 17.4 Å². The number of rotatable bonds is 5. The summed E-state index contributed by atoms with van der Waals surface area (Å²) in [5.74, 6) is -0.374. The molecule has 8 nitrogen and oxygen atoms in total. The summed E-state index contributed by atoms with van der Waals surface area (Å²) >= 11 is 0. The smallest absolute Gasteiger partial charge is 0.267 e. The van der Waals surface area contributed by atoms with E-state index in [0.717, 1.165) is 29.5 Å². The molecule has 5 rings (SSSR count). The van der Waals surface area contributed by atoms with Crippen LogP contribution in [0.1, 0.15) is 47.0 Å². The van der Waals surface area contributed by atoms with Crippen LogP contribution in [0.15, 0.2) is 47.0 Å². The monoisotopic (exact) mass is 418 g/mol. The van der Waals surface area contributed by atoms with E-state index in [-0.39, 0.29) is 17.9 Å². The number of primary amides is 1. The molecule has 31 heavy (non-hydrogen) atoms. The van der Waals surface area contributed by atoms with Gasteiger partial charge in [-0.15, -0.1) is 0 Å². The van der Waals surface area contributed by atoms with Crippen molar-refractivity contribution < 1.29 is 19.2 Å². The van der Waals surface area contributed by atoms with Crippen molar-refractivity contribution in [2.75, 3.05) is 13.6 Å². The number of amides is 2. The average molecular weight is 418 g/mol. The summed E-state index contributed by atoms with van der Waals surface area (Å²) < 4.78 is 5.36. The molecule has 2 amide bonds. The maximum Gasteiger partial charge on any atom is 0.267 e. The fraction of sp³-hybridized carbons (Fsp3) is 0.304. The van der Waals surface area contributed by atoms with E-state index in [9.17, 15) is 14.7 Å². The zero-order valence-corrected chi connectivity index (χ0v) is 17.0. The molecule has 1 aliphatic heterocycles. The first-order valence-corrected chi connectivity index (χ1v) is 10.2. The van der Waals surface area contributed by atoms with E-state index in [1.807, 2.05) is 30.3 Å². The number of carbonyl (C=O) groups excluding carboxylic acids is 2. The van der Waals surface area contributed by atoms with Gasteiger partial charge in [-0.2, -0.15) is 0 Å². The van der Waals surface area contributed by atoms with Crippen molar-refractivity contribution in [1.29, 1.82) is 0 Å². The maximum atomic E-state index is 12.3. The van der Waals surface area contributed by atoms with Crippen molar-refractivity contribution in [1.82, 2.24) is 15.0 Å². The number of benzene rings is 1. The van der Waals surface area contributed by atoms with Gasteiger partial charge in [0.2, 0.25) is 5.60 Å². The lowest BCUT2D eigenvalue weighted by molar-refractivity contribution is -0.144. The number of likely N-dealkylation sites (tertiary alicyclic amines) is 1. The summed E-state index contributed by atoms with van der Waals surface area (Å²) in [6, 6.07) is 12.9. The minimum Gasteiger partial charge on any atom is -0.373 e. The summed E-state index contributed by atoms with van der Waals surface area (Å²) in [7, 11) is 1.64. The Morgan fingerprint density at radius 3 is 2.58 bits per heavy atom. The van der Waals surface area contributed by atoms with Gasteiger partial charge in [-0.25, -0.2) is 4.98 Å². The Kier molecular flexibility index (Phi) is 4.40. The minimum absolute atomic E-state index is 0.132. The molecule has 2 aromatic heterocycles. The summed E-state index contributed by atoms with van der Waals surface area (Å²) in [6.07, 6.45) is 2.45. The second kappa shape index (κ2) is 7.02. The zero-order valence-electron chi connectivity index (χ0n) is 17.0. The number of hydrogen-bond acceptors (Lipinski definition) is 6. The molecule has 1 aliphatic carbocycles. The van der Waals surface area contributed by atoms with Crippen LogP contribution in [0.25, 0.3) is 22.5 Å². The highest BCUT2D eigenvalue weighted by atomic mass is 16.5. The third-order valence-corrected chi connectivity index (χ3v) is 6.03. The first-order chi connectivity index (χ1) is 14.8. The molecule has 0 radical (unpaired) electrons.